The van der Waals surface area contributed by atoms with Crippen molar-refractivity contribution in [3.63, 3.8) is 0 Å². The zero-order valence-electron chi connectivity index (χ0n) is 35.6. The van der Waals surface area contributed by atoms with Gasteiger partial charge in [0.1, 0.15) is 0 Å². The molecule has 4 aliphatic carbocycles. The Balaban J connectivity index is 1.05. The van der Waals surface area contributed by atoms with E-state index in [2.05, 4.69) is 217 Å². The van der Waals surface area contributed by atoms with Gasteiger partial charge in [-0.1, -0.05) is 145 Å². The van der Waals surface area contributed by atoms with Gasteiger partial charge in [0.2, 0.25) is 0 Å². The smallest absolute Gasteiger partial charge is 0.0628 e. The number of rotatable bonds is 8. The Labute approximate surface area is 366 Å². The maximum atomic E-state index is 2.53. The van der Waals surface area contributed by atoms with Crippen LogP contribution in [0.4, 0.5) is 11.4 Å². The summed E-state index contributed by atoms with van der Waals surface area (Å²) in [5.41, 5.74) is 19.2. The molecule has 0 amide bonds. The zero-order chi connectivity index (χ0) is 41.5. The number of aromatic nitrogens is 1. The van der Waals surface area contributed by atoms with E-state index in [0.29, 0.717) is 0 Å². The highest BCUT2D eigenvalue weighted by Gasteiger charge is 2.43. The summed E-state index contributed by atoms with van der Waals surface area (Å²) in [4.78, 5) is 2.50. The molecule has 2 nitrogen and oxygen atoms in total. The van der Waals surface area contributed by atoms with Crippen LogP contribution >= 0.6 is 0 Å². The van der Waals surface area contributed by atoms with Crippen molar-refractivity contribution in [1.29, 1.82) is 0 Å². The van der Waals surface area contributed by atoms with Crippen molar-refractivity contribution in [2.75, 3.05) is 4.90 Å². The molecule has 0 aliphatic heterocycles. The van der Waals surface area contributed by atoms with Crippen LogP contribution in [0, 0.1) is 0 Å². The van der Waals surface area contributed by atoms with Crippen molar-refractivity contribution in [2.45, 2.75) is 63.7 Å². The number of allylic oxidation sites excluding steroid dienone is 13. The third kappa shape index (κ3) is 6.57. The fraction of sp³-hybridized carbons (Fsp3) is 0.167. The van der Waals surface area contributed by atoms with Crippen molar-refractivity contribution >= 4 is 44.5 Å². The third-order valence-electron chi connectivity index (χ3n) is 13.8. The van der Waals surface area contributed by atoms with Crippen molar-refractivity contribution in [3.05, 3.63) is 239 Å². The Hall–Kier alpha value is -6.90. The van der Waals surface area contributed by atoms with Gasteiger partial charge < -0.3 is 9.47 Å². The van der Waals surface area contributed by atoms with Gasteiger partial charge in [0, 0.05) is 33.5 Å². The molecule has 1 heterocycles. The molecule has 4 aliphatic rings. The summed E-state index contributed by atoms with van der Waals surface area (Å²) >= 11 is 0. The van der Waals surface area contributed by atoms with Crippen LogP contribution in [0.3, 0.4) is 0 Å². The maximum Gasteiger partial charge on any atom is 0.0628 e. The van der Waals surface area contributed by atoms with E-state index in [1.165, 1.54) is 90.6 Å². The van der Waals surface area contributed by atoms with E-state index in [1.54, 1.807) is 5.57 Å². The van der Waals surface area contributed by atoms with E-state index in [1.807, 2.05) is 0 Å². The average Bonchev–Trinajstić information content (AvgIpc) is 3.61. The van der Waals surface area contributed by atoms with E-state index in [4.69, 9.17) is 0 Å². The van der Waals surface area contributed by atoms with Crippen molar-refractivity contribution in [1.82, 2.24) is 4.57 Å². The molecule has 0 bridgehead atoms. The van der Waals surface area contributed by atoms with Gasteiger partial charge in [0.25, 0.3) is 0 Å². The highest BCUT2D eigenvalue weighted by atomic mass is 15.1. The number of benzene rings is 6. The number of hydrogen-bond acceptors (Lipinski definition) is 1. The lowest BCUT2D eigenvalue weighted by atomic mass is 9.61. The van der Waals surface area contributed by atoms with Crippen molar-refractivity contribution in [3.8, 4) is 11.1 Å². The van der Waals surface area contributed by atoms with E-state index >= 15 is 0 Å². The lowest BCUT2D eigenvalue weighted by Crippen LogP contribution is -2.33. The molecule has 0 N–H and O–H groups in total. The van der Waals surface area contributed by atoms with Crippen LogP contribution in [-0.2, 0) is 5.41 Å². The normalized spacial score (nSPS) is 17.2. The van der Waals surface area contributed by atoms with E-state index in [-0.39, 0.29) is 5.41 Å². The summed E-state index contributed by atoms with van der Waals surface area (Å²) in [5, 5.41) is 2.59. The first-order valence-corrected chi connectivity index (χ1v) is 22.7. The second-order valence-electron chi connectivity index (χ2n) is 17.4. The Morgan fingerprint density at radius 2 is 1.13 bits per heavy atom. The molecular weight excluding hydrogens is 749 g/mol. The van der Waals surface area contributed by atoms with Gasteiger partial charge in [-0.05, 0) is 164 Å². The molecule has 1 aromatic heterocycles. The third-order valence-corrected chi connectivity index (χ3v) is 13.8. The van der Waals surface area contributed by atoms with E-state index < -0.39 is 0 Å². The van der Waals surface area contributed by atoms with Crippen LogP contribution in [0.1, 0.15) is 75.0 Å². The number of fused-ring (bicyclic) bond motifs is 3. The molecule has 0 saturated carbocycles. The molecule has 11 rings (SSSR count). The molecule has 0 atom stereocenters. The highest BCUT2D eigenvalue weighted by Crippen LogP contribution is 2.53. The zero-order valence-corrected chi connectivity index (χ0v) is 35.6. The maximum absolute atomic E-state index is 2.53. The van der Waals surface area contributed by atoms with Gasteiger partial charge in [0.15, 0.2) is 0 Å². The van der Waals surface area contributed by atoms with Crippen LogP contribution in [-0.4, -0.2) is 4.57 Å². The molecule has 7 aromatic rings. The molecule has 0 fully saturated rings. The largest absolute Gasteiger partial charge is 0.313 e. The van der Waals surface area contributed by atoms with Crippen molar-refractivity contribution < 1.29 is 0 Å². The Morgan fingerprint density at radius 1 is 0.516 bits per heavy atom. The summed E-state index contributed by atoms with van der Waals surface area (Å²) in [6.45, 7) is 2.38. The van der Waals surface area contributed by atoms with Crippen LogP contribution in [0.25, 0.3) is 44.2 Å². The first-order chi connectivity index (χ1) is 30.7. The fourth-order valence-electron chi connectivity index (χ4n) is 10.9. The lowest BCUT2D eigenvalue weighted by Gasteiger charge is -2.41. The minimum Gasteiger partial charge on any atom is -0.313 e. The second kappa shape index (κ2) is 16.2. The second-order valence-corrected chi connectivity index (χ2v) is 17.4. The monoisotopic (exact) mass is 800 g/mol. The molecule has 0 unspecified atom stereocenters. The Morgan fingerprint density at radius 3 is 1.81 bits per heavy atom. The molecule has 0 spiro atoms. The van der Waals surface area contributed by atoms with Gasteiger partial charge in [-0.2, -0.15) is 0 Å². The predicted octanol–water partition coefficient (Wildman–Crippen LogP) is 16.2. The number of anilines is 2. The molecule has 62 heavy (non-hydrogen) atoms. The first-order valence-electron chi connectivity index (χ1n) is 22.7. The fourth-order valence-corrected chi connectivity index (χ4v) is 10.9. The van der Waals surface area contributed by atoms with Gasteiger partial charge >= 0.3 is 0 Å². The quantitative estimate of drug-likeness (QED) is 0.149. The number of nitrogens with zero attached hydrogens (tertiary/aromatic N) is 2. The minimum absolute atomic E-state index is 0.358. The van der Waals surface area contributed by atoms with Crippen LogP contribution in [0.2, 0.25) is 0 Å². The topological polar surface area (TPSA) is 8.17 Å². The van der Waals surface area contributed by atoms with Gasteiger partial charge in [-0.15, -0.1) is 0 Å². The van der Waals surface area contributed by atoms with E-state index in [9.17, 15) is 0 Å². The van der Waals surface area contributed by atoms with Crippen LogP contribution in [0.5, 0.6) is 0 Å². The highest BCUT2D eigenvalue weighted by molar-refractivity contribution is 6.11. The molecule has 0 radical (unpaired) electrons. The molecule has 6 aromatic carbocycles. The first kappa shape index (κ1) is 38.1. The Kier molecular flexibility index (Phi) is 9.93. The van der Waals surface area contributed by atoms with Crippen LogP contribution in [0.15, 0.2) is 223 Å². The summed E-state index contributed by atoms with van der Waals surface area (Å²) in [6, 6.07) is 57.0. The van der Waals surface area contributed by atoms with Crippen molar-refractivity contribution in [2.24, 2.45) is 0 Å². The summed E-state index contributed by atoms with van der Waals surface area (Å²) in [6.07, 6.45) is 27.4. The SMILES string of the molecule is CC1=CC(N(c2ccc(C3=CC=CCC3)cc2)c2ccc(-c3ccc4c(c3)c3ccccc3n4C3=CC=CCC3)cc2)=CC2=C(CCCC2)C1(c1ccccc1)c1ccccc1. The predicted molar refractivity (Wildman–Crippen MR) is 263 cm³/mol. The standard InChI is InChI=1S/C60H52N2/c1-43-40-54(41-48-20-14-16-28-57(48)60(43,49-21-8-3-9-22-49)50-23-10-4-11-24-50)61(52-35-30-45(31-36-52)44-18-6-2-7-19-44)53-37-32-46(33-38-53)47-34-39-59-56(42-47)55-27-15-17-29-58(55)62(59)51-25-12-5-13-26-51/h2-6,8-12,15,17-18,21-25,27,29-42H,7,13-14,16,19-20,26,28H2,1H3. The average molecular weight is 801 g/mol. The summed E-state index contributed by atoms with van der Waals surface area (Å²) in [5.74, 6) is 0. The lowest BCUT2D eigenvalue weighted by molar-refractivity contribution is 0.586. The number of hydrogen-bond donors (Lipinski definition) is 0. The molecule has 302 valence electrons. The van der Waals surface area contributed by atoms with Gasteiger partial charge in [-0.25, -0.2) is 0 Å². The summed E-state index contributed by atoms with van der Waals surface area (Å²) in [7, 11) is 0. The van der Waals surface area contributed by atoms with Gasteiger partial charge in [0.05, 0.1) is 16.4 Å². The molecule has 0 saturated heterocycles. The minimum atomic E-state index is -0.358. The van der Waals surface area contributed by atoms with E-state index in [0.717, 1.165) is 49.9 Å². The van der Waals surface area contributed by atoms with Gasteiger partial charge in [-0.3, -0.25) is 0 Å². The van der Waals surface area contributed by atoms with Crippen LogP contribution < -0.4 is 4.90 Å². The summed E-state index contributed by atoms with van der Waals surface area (Å²) < 4.78 is 2.47. The molecular formula is C60H52N2. The Bertz CT molecular complexity index is 2990. The molecule has 2 heteroatoms. The number of para-hydroxylation sites is 1.